The van der Waals surface area contributed by atoms with E-state index in [2.05, 4.69) is 20.3 Å². The molecule has 6 nitrogen and oxygen atoms in total. The highest BCUT2D eigenvalue weighted by molar-refractivity contribution is 5.94. The van der Waals surface area contributed by atoms with Gasteiger partial charge in [-0.05, 0) is 10.3 Å². The molecule has 0 unspecified atom stereocenters. The van der Waals surface area contributed by atoms with Gasteiger partial charge in [0.2, 0.25) is 11.7 Å². The lowest BCUT2D eigenvalue weighted by atomic mass is 10.1. The van der Waals surface area contributed by atoms with Crippen molar-refractivity contribution < 1.29 is 9.42 Å². The second-order valence-electron chi connectivity index (χ2n) is 3.08. The summed E-state index contributed by atoms with van der Waals surface area (Å²) in [4.78, 5) is 11.1. The largest absolute Gasteiger partial charge is 0.322 e. The van der Waals surface area contributed by atoms with Crippen LogP contribution in [0.15, 0.2) is 35.0 Å². The van der Waals surface area contributed by atoms with E-state index in [0.717, 1.165) is 5.56 Å². The summed E-state index contributed by atoms with van der Waals surface area (Å²) >= 11 is 0. The van der Waals surface area contributed by atoms with Gasteiger partial charge in [0, 0.05) is 5.56 Å². The molecular weight excluding hydrogens is 208 g/mol. The maximum absolute atomic E-state index is 11.1. The van der Waals surface area contributed by atoms with Crippen LogP contribution in [0.1, 0.15) is 0 Å². The van der Waals surface area contributed by atoms with Crippen molar-refractivity contribution in [1.29, 1.82) is 0 Å². The van der Waals surface area contributed by atoms with Gasteiger partial charge in [0.15, 0.2) is 5.69 Å². The first-order valence-electron chi connectivity index (χ1n) is 4.69. The van der Waals surface area contributed by atoms with E-state index in [0.29, 0.717) is 5.69 Å². The van der Waals surface area contributed by atoms with Gasteiger partial charge in [0.25, 0.3) is 0 Å². The molecule has 3 N–H and O–H groups in total. The normalized spacial score (nSPS) is 10.1. The first-order chi connectivity index (χ1) is 7.81. The molecule has 0 aliphatic heterocycles. The number of benzene rings is 1. The number of hydrogen-bond donors (Lipinski definition) is 2. The fraction of sp³-hybridized carbons (Fsp3) is 0.100. The van der Waals surface area contributed by atoms with Gasteiger partial charge in [-0.2, -0.15) is 0 Å². The molecule has 0 saturated carbocycles. The van der Waals surface area contributed by atoms with Crippen LogP contribution in [0.4, 0.5) is 5.82 Å². The van der Waals surface area contributed by atoms with Crippen molar-refractivity contribution in [3.05, 3.63) is 30.3 Å². The number of aromatic nitrogens is 2. The average Bonchev–Trinajstić information content (AvgIpc) is 2.78. The molecule has 0 radical (unpaired) electrons. The summed E-state index contributed by atoms with van der Waals surface area (Å²) in [5.41, 5.74) is 6.49. The van der Waals surface area contributed by atoms with Gasteiger partial charge in [-0.3, -0.25) is 4.79 Å². The topological polar surface area (TPSA) is 94.0 Å². The van der Waals surface area contributed by atoms with E-state index in [-0.39, 0.29) is 18.3 Å². The zero-order valence-electron chi connectivity index (χ0n) is 8.38. The number of anilines is 1. The molecule has 0 aliphatic carbocycles. The van der Waals surface area contributed by atoms with E-state index in [4.69, 9.17) is 5.73 Å². The molecule has 2 rings (SSSR count). The average molecular weight is 218 g/mol. The SMILES string of the molecule is NCC(=O)Nc1nonc1-c1ccccc1. The van der Waals surface area contributed by atoms with E-state index in [1.165, 1.54) is 0 Å². The smallest absolute Gasteiger partial charge is 0.239 e. The molecule has 0 aliphatic rings. The Morgan fingerprint density at radius 3 is 2.75 bits per heavy atom. The zero-order valence-corrected chi connectivity index (χ0v) is 8.38. The summed E-state index contributed by atoms with van der Waals surface area (Å²) in [7, 11) is 0. The molecule has 1 aromatic carbocycles. The highest BCUT2D eigenvalue weighted by Crippen LogP contribution is 2.23. The fourth-order valence-electron chi connectivity index (χ4n) is 1.24. The lowest BCUT2D eigenvalue weighted by molar-refractivity contribution is -0.114. The molecule has 2 aromatic rings. The summed E-state index contributed by atoms with van der Waals surface area (Å²) in [5, 5.41) is 9.85. The van der Waals surface area contributed by atoms with Crippen molar-refractivity contribution in [2.24, 2.45) is 5.73 Å². The van der Waals surface area contributed by atoms with Crippen LogP contribution >= 0.6 is 0 Å². The van der Waals surface area contributed by atoms with Crippen molar-refractivity contribution in [3.8, 4) is 11.3 Å². The Labute approximate surface area is 91.4 Å². The molecule has 1 heterocycles. The summed E-state index contributed by atoms with van der Waals surface area (Å²) < 4.78 is 4.59. The number of rotatable bonds is 3. The predicted molar refractivity (Wildman–Crippen MR) is 57.4 cm³/mol. The zero-order chi connectivity index (χ0) is 11.4. The summed E-state index contributed by atoms with van der Waals surface area (Å²) in [5.74, 6) is -0.0606. The van der Waals surface area contributed by atoms with Gasteiger partial charge >= 0.3 is 0 Å². The third kappa shape index (κ3) is 2.06. The Morgan fingerprint density at radius 1 is 1.31 bits per heavy atom. The summed E-state index contributed by atoms with van der Waals surface area (Å²) in [6.45, 7) is -0.110. The lowest BCUT2D eigenvalue weighted by Gasteiger charge is -2.00. The van der Waals surface area contributed by atoms with Crippen LogP contribution in [0, 0.1) is 0 Å². The first kappa shape index (κ1) is 10.3. The minimum Gasteiger partial charge on any atom is -0.322 e. The van der Waals surface area contributed by atoms with E-state index in [9.17, 15) is 4.79 Å². The molecule has 0 saturated heterocycles. The molecule has 0 atom stereocenters. The number of nitrogens with one attached hydrogen (secondary N) is 1. The van der Waals surface area contributed by atoms with Gasteiger partial charge in [-0.25, -0.2) is 4.63 Å². The van der Waals surface area contributed by atoms with Crippen LogP contribution < -0.4 is 11.1 Å². The molecule has 6 heteroatoms. The number of carbonyl (C=O) groups excluding carboxylic acids is 1. The van der Waals surface area contributed by atoms with Gasteiger partial charge in [0.05, 0.1) is 6.54 Å². The maximum atomic E-state index is 11.1. The van der Waals surface area contributed by atoms with Crippen LogP contribution in [-0.4, -0.2) is 22.8 Å². The highest BCUT2D eigenvalue weighted by atomic mass is 16.6. The fourth-order valence-corrected chi connectivity index (χ4v) is 1.24. The van der Waals surface area contributed by atoms with Gasteiger partial charge in [-0.1, -0.05) is 30.3 Å². The van der Waals surface area contributed by atoms with Crippen molar-refractivity contribution in [2.45, 2.75) is 0 Å². The van der Waals surface area contributed by atoms with Crippen LogP contribution in [0.25, 0.3) is 11.3 Å². The van der Waals surface area contributed by atoms with E-state index < -0.39 is 0 Å². The molecule has 1 aromatic heterocycles. The van der Waals surface area contributed by atoms with Crippen LogP contribution in [0.5, 0.6) is 0 Å². The van der Waals surface area contributed by atoms with E-state index >= 15 is 0 Å². The maximum Gasteiger partial charge on any atom is 0.239 e. The number of nitrogens with zero attached hydrogens (tertiary/aromatic N) is 2. The van der Waals surface area contributed by atoms with Crippen molar-refractivity contribution in [2.75, 3.05) is 11.9 Å². The molecule has 1 amide bonds. The van der Waals surface area contributed by atoms with Crippen molar-refractivity contribution in [1.82, 2.24) is 10.3 Å². The highest BCUT2D eigenvalue weighted by Gasteiger charge is 2.13. The van der Waals surface area contributed by atoms with Crippen LogP contribution in [0.2, 0.25) is 0 Å². The van der Waals surface area contributed by atoms with Gasteiger partial charge in [-0.15, -0.1) is 0 Å². The standard InChI is InChI=1S/C10H10N4O2/c11-6-8(15)12-10-9(13-16-14-10)7-4-2-1-3-5-7/h1-5H,6,11H2,(H,12,14,15). The monoisotopic (exact) mass is 218 g/mol. The molecular formula is C10H10N4O2. The molecule has 0 fully saturated rings. The number of amides is 1. The third-order valence-electron chi connectivity index (χ3n) is 1.98. The summed E-state index contributed by atoms with van der Waals surface area (Å²) in [6.07, 6.45) is 0. The number of nitrogens with two attached hydrogens (primary N) is 1. The predicted octanol–water partition coefficient (Wildman–Crippen LogP) is 0.634. The molecule has 0 bridgehead atoms. The second kappa shape index (κ2) is 4.54. The Balaban J connectivity index is 2.29. The first-order valence-corrected chi connectivity index (χ1v) is 4.69. The minimum absolute atomic E-state index is 0.110. The number of hydrogen-bond acceptors (Lipinski definition) is 5. The Hall–Kier alpha value is -2.21. The Kier molecular flexibility index (Phi) is 2.93. The molecule has 0 spiro atoms. The molecule has 82 valence electrons. The second-order valence-corrected chi connectivity index (χ2v) is 3.08. The molecule has 16 heavy (non-hydrogen) atoms. The van der Waals surface area contributed by atoms with E-state index in [1.807, 2.05) is 30.3 Å². The summed E-state index contributed by atoms with van der Waals surface area (Å²) in [6, 6.07) is 9.29. The van der Waals surface area contributed by atoms with Crippen molar-refractivity contribution in [3.63, 3.8) is 0 Å². The Bertz CT molecular complexity index is 481. The van der Waals surface area contributed by atoms with Gasteiger partial charge in [0.1, 0.15) is 0 Å². The Morgan fingerprint density at radius 2 is 2.06 bits per heavy atom. The lowest BCUT2D eigenvalue weighted by Crippen LogP contribution is -2.22. The van der Waals surface area contributed by atoms with E-state index in [1.54, 1.807) is 0 Å². The van der Waals surface area contributed by atoms with Crippen molar-refractivity contribution >= 4 is 11.7 Å². The third-order valence-corrected chi connectivity index (χ3v) is 1.98. The van der Waals surface area contributed by atoms with Crippen LogP contribution in [-0.2, 0) is 4.79 Å². The van der Waals surface area contributed by atoms with Gasteiger partial charge < -0.3 is 11.1 Å². The number of carbonyl (C=O) groups is 1. The minimum atomic E-state index is -0.340. The quantitative estimate of drug-likeness (QED) is 0.788. The van der Waals surface area contributed by atoms with Crippen LogP contribution in [0.3, 0.4) is 0 Å².